The standard InChI is InChI=1S/C22H14BrN5O3S/c23-13-6-7-16-14(8-13)19(20(30)25-16)27-26-18(29)10-28-11-24-21-15(22(28)31)9-17(32-21)12-4-2-1-3-5-12/h1-9,11,25,30H,10H2. The van der Waals surface area contributed by atoms with Crippen LogP contribution in [-0.2, 0) is 11.3 Å². The highest BCUT2D eigenvalue weighted by molar-refractivity contribution is 9.10. The van der Waals surface area contributed by atoms with Gasteiger partial charge in [0.2, 0.25) is 5.88 Å². The molecule has 5 rings (SSSR count). The maximum absolute atomic E-state index is 12.9. The first-order valence-corrected chi connectivity index (χ1v) is 11.1. The summed E-state index contributed by atoms with van der Waals surface area (Å²) in [4.78, 5) is 33.9. The zero-order chi connectivity index (χ0) is 22.2. The van der Waals surface area contributed by atoms with Crippen molar-refractivity contribution in [2.45, 2.75) is 6.54 Å². The van der Waals surface area contributed by atoms with Gasteiger partial charge in [-0.05, 0) is 29.8 Å². The van der Waals surface area contributed by atoms with Gasteiger partial charge < -0.3 is 10.1 Å². The topological polar surface area (TPSA) is 113 Å². The number of benzene rings is 2. The largest absolute Gasteiger partial charge is 0.493 e. The molecule has 0 bridgehead atoms. The molecule has 0 aliphatic heterocycles. The van der Waals surface area contributed by atoms with Crippen LogP contribution < -0.4 is 5.56 Å². The zero-order valence-corrected chi connectivity index (χ0v) is 18.7. The third-order valence-electron chi connectivity index (χ3n) is 4.86. The van der Waals surface area contributed by atoms with Crippen molar-refractivity contribution in [2.75, 3.05) is 0 Å². The van der Waals surface area contributed by atoms with Crippen LogP contribution in [0, 0.1) is 0 Å². The Morgan fingerprint density at radius 3 is 2.78 bits per heavy atom. The van der Waals surface area contributed by atoms with E-state index in [0.717, 1.165) is 14.9 Å². The number of hydrogen-bond donors (Lipinski definition) is 2. The lowest BCUT2D eigenvalue weighted by atomic mass is 10.2. The van der Waals surface area contributed by atoms with Gasteiger partial charge in [0.1, 0.15) is 11.4 Å². The fourth-order valence-corrected chi connectivity index (χ4v) is 4.69. The van der Waals surface area contributed by atoms with Gasteiger partial charge in [0.15, 0.2) is 5.69 Å². The van der Waals surface area contributed by atoms with Crippen LogP contribution in [0.2, 0.25) is 0 Å². The SMILES string of the molecule is O=C(Cn1cnc2sc(-c3ccccc3)cc2c1=O)N=Nc1c(O)[nH]c2ccc(Br)cc12. The minimum absolute atomic E-state index is 0.154. The molecule has 10 heteroatoms. The van der Waals surface area contributed by atoms with Crippen LogP contribution >= 0.6 is 27.3 Å². The summed E-state index contributed by atoms with van der Waals surface area (Å²) < 4.78 is 2.00. The van der Waals surface area contributed by atoms with Crippen molar-refractivity contribution >= 4 is 60.0 Å². The Morgan fingerprint density at radius 1 is 1.16 bits per heavy atom. The Hall–Kier alpha value is -3.63. The number of nitrogens with zero attached hydrogens (tertiary/aromatic N) is 4. The molecule has 0 saturated heterocycles. The van der Waals surface area contributed by atoms with Crippen molar-refractivity contribution in [2.24, 2.45) is 10.2 Å². The predicted octanol–water partition coefficient (Wildman–Crippen LogP) is 5.38. The molecule has 3 heterocycles. The molecule has 8 nitrogen and oxygen atoms in total. The number of halogens is 1. The van der Waals surface area contributed by atoms with E-state index in [0.29, 0.717) is 21.1 Å². The molecule has 1 amide bonds. The number of fused-ring (bicyclic) bond motifs is 2. The molecule has 0 aliphatic carbocycles. The molecule has 158 valence electrons. The van der Waals surface area contributed by atoms with E-state index >= 15 is 0 Å². The lowest BCUT2D eigenvalue weighted by Gasteiger charge is -2.00. The van der Waals surface area contributed by atoms with Crippen molar-refractivity contribution in [3.05, 3.63) is 75.8 Å². The van der Waals surface area contributed by atoms with Crippen molar-refractivity contribution in [3.63, 3.8) is 0 Å². The lowest BCUT2D eigenvalue weighted by molar-refractivity contribution is -0.118. The summed E-state index contributed by atoms with van der Waals surface area (Å²) >= 11 is 4.78. The fraction of sp³-hybridized carbons (Fsp3) is 0.0455. The second-order valence-corrected chi connectivity index (χ2v) is 8.93. The Kier molecular flexibility index (Phi) is 5.16. The lowest BCUT2D eigenvalue weighted by Crippen LogP contribution is -2.23. The minimum atomic E-state index is -0.643. The van der Waals surface area contributed by atoms with Gasteiger partial charge in [-0.25, -0.2) is 4.98 Å². The van der Waals surface area contributed by atoms with Crippen LogP contribution in [0.1, 0.15) is 0 Å². The number of thiophene rings is 1. The highest BCUT2D eigenvalue weighted by Gasteiger charge is 2.14. The van der Waals surface area contributed by atoms with Gasteiger partial charge in [0.25, 0.3) is 11.5 Å². The fourth-order valence-electron chi connectivity index (χ4n) is 3.34. The van der Waals surface area contributed by atoms with Gasteiger partial charge in [-0.1, -0.05) is 46.3 Å². The van der Waals surface area contributed by atoms with Crippen LogP contribution in [0.25, 0.3) is 31.6 Å². The third-order valence-corrected chi connectivity index (χ3v) is 6.44. The average molecular weight is 508 g/mol. The second kappa shape index (κ2) is 8.13. The molecule has 0 spiro atoms. The molecule has 0 unspecified atom stereocenters. The first kappa shape index (κ1) is 20.3. The summed E-state index contributed by atoms with van der Waals surface area (Å²) in [6, 6.07) is 16.8. The number of hydrogen-bond acceptors (Lipinski definition) is 6. The van der Waals surface area contributed by atoms with E-state index in [1.54, 1.807) is 18.2 Å². The predicted molar refractivity (Wildman–Crippen MR) is 127 cm³/mol. The molecule has 0 fully saturated rings. The summed E-state index contributed by atoms with van der Waals surface area (Å²) in [6.07, 6.45) is 1.34. The summed E-state index contributed by atoms with van der Waals surface area (Å²) in [6.45, 7) is -0.311. The van der Waals surface area contributed by atoms with Gasteiger partial charge in [-0.15, -0.1) is 21.6 Å². The number of aromatic amines is 1. The van der Waals surface area contributed by atoms with Gasteiger partial charge in [-0.2, -0.15) is 0 Å². The Bertz CT molecular complexity index is 1570. The number of azo groups is 1. The molecule has 0 saturated carbocycles. The number of carbonyl (C=O) groups is 1. The molecule has 0 radical (unpaired) electrons. The van der Waals surface area contributed by atoms with Crippen LogP contribution in [-0.4, -0.2) is 25.5 Å². The first-order valence-electron chi connectivity index (χ1n) is 9.49. The molecule has 32 heavy (non-hydrogen) atoms. The highest BCUT2D eigenvalue weighted by atomic mass is 79.9. The summed E-state index contributed by atoms with van der Waals surface area (Å²) in [7, 11) is 0. The number of aromatic nitrogens is 3. The quantitative estimate of drug-likeness (QED) is 0.317. The minimum Gasteiger partial charge on any atom is -0.493 e. The average Bonchev–Trinajstić information content (AvgIpc) is 3.36. The van der Waals surface area contributed by atoms with Crippen molar-refractivity contribution in [1.29, 1.82) is 0 Å². The van der Waals surface area contributed by atoms with E-state index in [4.69, 9.17) is 0 Å². The van der Waals surface area contributed by atoms with Gasteiger partial charge >= 0.3 is 0 Å². The molecule has 0 atom stereocenters. The molecule has 3 aromatic heterocycles. The van der Waals surface area contributed by atoms with Crippen LogP contribution in [0.15, 0.2) is 80.4 Å². The van der Waals surface area contributed by atoms with E-state index in [2.05, 4.69) is 36.1 Å². The Balaban J connectivity index is 1.42. The van der Waals surface area contributed by atoms with Crippen molar-refractivity contribution in [3.8, 4) is 16.3 Å². The van der Waals surface area contributed by atoms with Crippen LogP contribution in [0.5, 0.6) is 5.88 Å². The maximum atomic E-state index is 12.9. The van der Waals surface area contributed by atoms with E-state index in [9.17, 15) is 14.7 Å². The Labute approximate surface area is 193 Å². The first-order chi connectivity index (χ1) is 15.5. The summed E-state index contributed by atoms with van der Waals surface area (Å²) in [5.74, 6) is -0.836. The Morgan fingerprint density at radius 2 is 1.97 bits per heavy atom. The molecule has 2 N–H and O–H groups in total. The number of H-pyrrole nitrogens is 1. The molecule has 2 aromatic carbocycles. The normalized spacial score (nSPS) is 11.7. The number of carbonyl (C=O) groups excluding carboxylic acids is 1. The third kappa shape index (κ3) is 3.74. The number of amides is 1. The summed E-state index contributed by atoms with van der Waals surface area (Å²) in [5, 5.41) is 18.7. The molecular weight excluding hydrogens is 494 g/mol. The van der Waals surface area contributed by atoms with E-state index in [-0.39, 0.29) is 23.7 Å². The number of rotatable bonds is 4. The van der Waals surface area contributed by atoms with Gasteiger partial charge in [0.05, 0.1) is 17.2 Å². The monoisotopic (exact) mass is 507 g/mol. The van der Waals surface area contributed by atoms with Gasteiger partial charge in [0, 0.05) is 14.7 Å². The molecule has 5 aromatic rings. The van der Waals surface area contributed by atoms with Gasteiger partial charge in [-0.3, -0.25) is 14.2 Å². The van der Waals surface area contributed by atoms with Crippen molar-refractivity contribution < 1.29 is 9.90 Å². The highest BCUT2D eigenvalue weighted by Crippen LogP contribution is 2.36. The maximum Gasteiger partial charge on any atom is 0.284 e. The van der Waals surface area contributed by atoms with E-state index in [1.807, 2.05) is 36.4 Å². The molecular formula is C22H14BrN5O3S. The van der Waals surface area contributed by atoms with Crippen LogP contribution in [0.3, 0.4) is 0 Å². The second-order valence-electron chi connectivity index (χ2n) is 6.98. The smallest absolute Gasteiger partial charge is 0.284 e. The van der Waals surface area contributed by atoms with Crippen LogP contribution in [0.4, 0.5) is 5.69 Å². The van der Waals surface area contributed by atoms with E-state index < -0.39 is 5.91 Å². The summed E-state index contributed by atoms with van der Waals surface area (Å²) in [5.41, 5.74) is 1.48. The molecule has 0 aliphatic rings. The van der Waals surface area contributed by atoms with E-state index in [1.165, 1.54) is 22.2 Å². The number of nitrogens with one attached hydrogen (secondary N) is 1. The van der Waals surface area contributed by atoms with Crippen molar-refractivity contribution in [1.82, 2.24) is 14.5 Å². The number of aromatic hydroxyl groups is 1. The zero-order valence-electron chi connectivity index (χ0n) is 16.3.